The number of carbonyl (C=O) groups excluding carboxylic acids is 2. The molecule has 5 atom stereocenters. The number of benzene rings is 1. The fourth-order valence-corrected chi connectivity index (χ4v) is 6.63. The van der Waals surface area contributed by atoms with Gasteiger partial charge < -0.3 is 4.74 Å². The highest BCUT2D eigenvalue weighted by Gasteiger charge is 2.55. The number of carbonyl (C=O) groups is 2. The van der Waals surface area contributed by atoms with Crippen LogP contribution < -0.4 is 5.32 Å². The summed E-state index contributed by atoms with van der Waals surface area (Å²) in [6, 6.07) is 10.3. The summed E-state index contributed by atoms with van der Waals surface area (Å²) < 4.78 is 5.97. The Balaban J connectivity index is 1.76. The van der Waals surface area contributed by atoms with Gasteiger partial charge in [-0.1, -0.05) is 135 Å². The van der Waals surface area contributed by atoms with Crippen molar-refractivity contribution in [3.05, 3.63) is 35.9 Å². The van der Waals surface area contributed by atoms with Crippen molar-refractivity contribution < 1.29 is 19.2 Å². The van der Waals surface area contributed by atoms with Gasteiger partial charge in [0.2, 0.25) is 5.91 Å². The SMILES string of the molecule is CCCCCCCCCCCCCCCC(=O)NC(=O)OC1CC(C)(CC)N(OC(C)c2ccccc2)C(C)(CC)C1C. The minimum atomic E-state index is -0.625. The number of imide groups is 1. The highest BCUT2D eigenvalue weighted by atomic mass is 16.7. The Morgan fingerprint density at radius 3 is 1.91 bits per heavy atom. The maximum Gasteiger partial charge on any atom is 0.414 e. The van der Waals surface area contributed by atoms with Crippen LogP contribution in [0.25, 0.3) is 0 Å². The summed E-state index contributed by atoms with van der Waals surface area (Å²) in [6.07, 6.45) is 18.1. The van der Waals surface area contributed by atoms with Crippen LogP contribution in [0.15, 0.2) is 30.3 Å². The second-order valence-electron chi connectivity index (χ2n) is 13.5. The zero-order chi connectivity index (χ0) is 31.7. The molecule has 5 unspecified atom stereocenters. The molecule has 1 aromatic carbocycles. The minimum Gasteiger partial charge on any atom is -0.446 e. The van der Waals surface area contributed by atoms with Crippen molar-refractivity contribution in [1.82, 2.24) is 10.4 Å². The van der Waals surface area contributed by atoms with Gasteiger partial charge >= 0.3 is 6.09 Å². The van der Waals surface area contributed by atoms with Crippen LogP contribution in [0, 0.1) is 5.92 Å². The normalized spacial score (nSPS) is 24.9. The van der Waals surface area contributed by atoms with Crippen LogP contribution in [0.3, 0.4) is 0 Å². The maximum absolute atomic E-state index is 12.8. The molecule has 2 rings (SSSR count). The fraction of sp³-hybridized carbons (Fsp3) is 0.784. The zero-order valence-electron chi connectivity index (χ0n) is 28.7. The number of hydroxylamine groups is 2. The zero-order valence-corrected chi connectivity index (χ0v) is 28.7. The number of piperidine rings is 1. The lowest BCUT2D eigenvalue weighted by Crippen LogP contribution is -2.68. The topological polar surface area (TPSA) is 67.9 Å². The quantitative estimate of drug-likeness (QED) is 0.151. The molecule has 0 bridgehead atoms. The number of amides is 2. The van der Waals surface area contributed by atoms with Gasteiger partial charge in [-0.05, 0) is 45.6 Å². The number of alkyl carbamates (subject to hydrolysis) is 1. The molecular formula is C37H64N2O4. The van der Waals surface area contributed by atoms with E-state index in [2.05, 4.69) is 71.0 Å². The van der Waals surface area contributed by atoms with Crippen LogP contribution in [0.5, 0.6) is 0 Å². The van der Waals surface area contributed by atoms with Crippen molar-refractivity contribution in [3.8, 4) is 0 Å². The van der Waals surface area contributed by atoms with Gasteiger partial charge in [0.15, 0.2) is 0 Å². The molecule has 0 saturated carbocycles. The molecule has 246 valence electrons. The highest BCUT2D eigenvalue weighted by Crippen LogP contribution is 2.48. The van der Waals surface area contributed by atoms with Gasteiger partial charge in [0.25, 0.3) is 0 Å². The average molecular weight is 601 g/mol. The number of hydrogen-bond acceptors (Lipinski definition) is 5. The van der Waals surface area contributed by atoms with E-state index in [1.807, 2.05) is 18.2 Å². The molecule has 2 amide bonds. The van der Waals surface area contributed by atoms with Gasteiger partial charge in [-0.15, -0.1) is 0 Å². The summed E-state index contributed by atoms with van der Waals surface area (Å²) in [5.41, 5.74) is 0.450. The van der Waals surface area contributed by atoms with Crippen molar-refractivity contribution in [2.45, 2.75) is 181 Å². The Hall–Kier alpha value is -1.92. The molecule has 1 aliphatic heterocycles. The molecule has 1 fully saturated rings. The average Bonchev–Trinajstić information content (AvgIpc) is 3.00. The Labute approximate surface area is 264 Å². The summed E-state index contributed by atoms with van der Waals surface area (Å²) in [5.74, 6) is -0.225. The largest absolute Gasteiger partial charge is 0.446 e. The molecule has 43 heavy (non-hydrogen) atoms. The third-order valence-corrected chi connectivity index (χ3v) is 10.2. The molecule has 1 aromatic rings. The van der Waals surface area contributed by atoms with Gasteiger partial charge in [0.05, 0.1) is 0 Å². The molecule has 1 aliphatic rings. The summed E-state index contributed by atoms with van der Waals surface area (Å²) in [6.45, 7) is 15.2. The first-order valence-corrected chi connectivity index (χ1v) is 17.6. The molecule has 1 heterocycles. The van der Waals surface area contributed by atoms with E-state index in [1.54, 1.807) is 0 Å². The molecular weight excluding hydrogens is 536 g/mol. The van der Waals surface area contributed by atoms with Crippen LogP contribution >= 0.6 is 0 Å². The summed E-state index contributed by atoms with van der Waals surface area (Å²) >= 11 is 0. The number of nitrogens with zero attached hydrogens (tertiary/aromatic N) is 1. The van der Waals surface area contributed by atoms with E-state index in [0.717, 1.165) is 37.7 Å². The van der Waals surface area contributed by atoms with E-state index in [4.69, 9.17) is 9.57 Å². The van der Waals surface area contributed by atoms with Gasteiger partial charge in [-0.2, -0.15) is 5.06 Å². The predicted octanol–water partition coefficient (Wildman–Crippen LogP) is 10.5. The van der Waals surface area contributed by atoms with Crippen LogP contribution in [0.2, 0.25) is 0 Å². The van der Waals surface area contributed by atoms with Crippen molar-refractivity contribution >= 4 is 12.0 Å². The number of ether oxygens (including phenoxy) is 1. The molecule has 0 spiro atoms. The Morgan fingerprint density at radius 2 is 1.40 bits per heavy atom. The van der Waals surface area contributed by atoms with E-state index < -0.39 is 6.09 Å². The minimum absolute atomic E-state index is 0.0157. The third kappa shape index (κ3) is 11.8. The number of rotatable bonds is 20. The fourth-order valence-electron chi connectivity index (χ4n) is 6.63. The van der Waals surface area contributed by atoms with Crippen molar-refractivity contribution in [2.24, 2.45) is 5.92 Å². The van der Waals surface area contributed by atoms with E-state index in [9.17, 15) is 9.59 Å². The predicted molar refractivity (Wildman–Crippen MR) is 178 cm³/mol. The van der Waals surface area contributed by atoms with E-state index >= 15 is 0 Å². The smallest absolute Gasteiger partial charge is 0.414 e. The lowest BCUT2D eigenvalue weighted by atomic mass is 9.69. The van der Waals surface area contributed by atoms with E-state index in [1.165, 1.54) is 64.2 Å². The second kappa shape index (κ2) is 19.5. The first kappa shape index (κ1) is 37.3. The lowest BCUT2D eigenvalue weighted by molar-refractivity contribution is -0.335. The molecule has 0 aliphatic carbocycles. The molecule has 6 heteroatoms. The third-order valence-electron chi connectivity index (χ3n) is 10.2. The van der Waals surface area contributed by atoms with Crippen LogP contribution in [-0.4, -0.2) is 34.2 Å². The molecule has 1 N–H and O–H groups in total. The maximum atomic E-state index is 12.8. The lowest BCUT2D eigenvalue weighted by Gasteiger charge is -2.59. The second-order valence-corrected chi connectivity index (χ2v) is 13.5. The summed E-state index contributed by atoms with van der Waals surface area (Å²) in [5, 5.41) is 4.70. The Morgan fingerprint density at radius 1 is 0.860 bits per heavy atom. The van der Waals surface area contributed by atoms with E-state index in [0.29, 0.717) is 12.8 Å². The van der Waals surface area contributed by atoms with Crippen molar-refractivity contribution in [3.63, 3.8) is 0 Å². The monoisotopic (exact) mass is 600 g/mol. The number of hydrogen-bond donors (Lipinski definition) is 1. The standard InChI is InChI=1S/C37H64N2O4/c1-8-11-12-13-14-15-16-17-18-19-20-21-25-28-34(40)38-35(41)42-33-29-36(6,9-2)39(37(7,10-3)30(33)4)43-31(5)32-26-23-22-24-27-32/h22-24,26-27,30-31,33H,8-21,25,28-29H2,1-7H3,(H,38,40,41). The Bertz CT molecular complexity index is 924. The van der Waals surface area contributed by atoms with Crippen LogP contribution in [-0.2, 0) is 14.4 Å². The van der Waals surface area contributed by atoms with Crippen molar-refractivity contribution in [2.75, 3.05) is 0 Å². The number of nitrogens with one attached hydrogen (secondary N) is 1. The van der Waals surface area contributed by atoms with Gasteiger partial charge in [0, 0.05) is 29.8 Å². The number of unbranched alkanes of at least 4 members (excludes halogenated alkanes) is 12. The van der Waals surface area contributed by atoms with Gasteiger partial charge in [-0.25, -0.2) is 4.79 Å². The first-order chi connectivity index (χ1) is 20.6. The molecule has 0 aromatic heterocycles. The summed E-state index contributed by atoms with van der Waals surface area (Å²) in [4.78, 5) is 32.1. The van der Waals surface area contributed by atoms with Crippen molar-refractivity contribution in [1.29, 1.82) is 0 Å². The van der Waals surface area contributed by atoms with Crippen LogP contribution in [0.1, 0.15) is 169 Å². The first-order valence-electron chi connectivity index (χ1n) is 17.6. The molecule has 0 radical (unpaired) electrons. The van der Waals surface area contributed by atoms with Gasteiger partial charge in [-0.3, -0.25) is 14.9 Å². The summed E-state index contributed by atoms with van der Waals surface area (Å²) in [7, 11) is 0. The highest BCUT2D eigenvalue weighted by molar-refractivity contribution is 5.91. The van der Waals surface area contributed by atoms with Gasteiger partial charge in [0.1, 0.15) is 12.2 Å². The van der Waals surface area contributed by atoms with E-state index in [-0.39, 0.29) is 35.1 Å². The molecule has 6 nitrogen and oxygen atoms in total. The van der Waals surface area contributed by atoms with Crippen LogP contribution in [0.4, 0.5) is 4.79 Å². The Kier molecular flexibility index (Phi) is 16.9. The molecule has 1 saturated heterocycles.